The molecule has 21 heavy (non-hydrogen) atoms. The van der Waals surface area contributed by atoms with Gasteiger partial charge in [0.05, 0.1) is 6.07 Å². The first-order chi connectivity index (χ1) is 10.2. The molecule has 0 atom stereocenters. The highest BCUT2D eigenvalue weighted by Gasteiger charge is 2.42. The van der Waals surface area contributed by atoms with Crippen LogP contribution in [0.15, 0.2) is 48.5 Å². The van der Waals surface area contributed by atoms with Crippen LogP contribution in [0.1, 0.15) is 44.2 Å². The Balaban J connectivity index is 2.09. The van der Waals surface area contributed by atoms with Gasteiger partial charge in [-0.25, -0.2) is 0 Å². The van der Waals surface area contributed by atoms with Crippen molar-refractivity contribution < 1.29 is 0 Å². The van der Waals surface area contributed by atoms with E-state index in [-0.39, 0.29) is 0 Å². The Labute approximate surface area is 127 Å². The molecule has 0 saturated carbocycles. The molecule has 1 heteroatoms. The second kappa shape index (κ2) is 5.37. The molecule has 0 heterocycles. The molecule has 2 aromatic rings. The highest BCUT2D eigenvalue weighted by atomic mass is 14.5. The zero-order chi connectivity index (χ0) is 14.9. The molecule has 0 saturated heterocycles. The van der Waals surface area contributed by atoms with E-state index in [9.17, 15) is 5.26 Å². The van der Waals surface area contributed by atoms with Gasteiger partial charge >= 0.3 is 0 Å². The summed E-state index contributed by atoms with van der Waals surface area (Å²) < 4.78 is 0. The largest absolute Gasteiger partial charge is 0.197 e. The summed E-state index contributed by atoms with van der Waals surface area (Å²) in [6, 6.07) is 19.5. The number of rotatable bonds is 4. The summed E-state index contributed by atoms with van der Waals surface area (Å²) in [5.74, 6) is 0.688. The second-order valence-electron chi connectivity index (χ2n) is 6.39. The van der Waals surface area contributed by atoms with Gasteiger partial charge in [0.15, 0.2) is 0 Å². The number of hydrogen-bond donors (Lipinski definition) is 0. The highest BCUT2D eigenvalue weighted by molar-refractivity contribution is 5.82. The maximum absolute atomic E-state index is 10.0. The van der Waals surface area contributed by atoms with Crippen LogP contribution in [0, 0.1) is 17.2 Å². The van der Waals surface area contributed by atoms with E-state index in [0.29, 0.717) is 5.92 Å². The predicted molar refractivity (Wildman–Crippen MR) is 87.0 cm³/mol. The summed E-state index contributed by atoms with van der Waals surface area (Å²) in [6.07, 6.45) is 3.18. The molecule has 0 unspecified atom stereocenters. The standard InChI is InChI=1S/C20H21N/c1-15(2)8-7-13-20(14-21)18-11-5-3-9-16(18)17-10-4-6-12-19(17)20/h3-6,9-12,15H,7-8,13H2,1-2H3. The van der Waals surface area contributed by atoms with E-state index < -0.39 is 5.41 Å². The lowest BCUT2D eigenvalue weighted by molar-refractivity contribution is 0.488. The van der Waals surface area contributed by atoms with Gasteiger partial charge in [0.2, 0.25) is 0 Å². The molecule has 2 aromatic carbocycles. The molecule has 106 valence electrons. The van der Waals surface area contributed by atoms with Gasteiger partial charge in [0, 0.05) is 0 Å². The average Bonchev–Trinajstić information content (AvgIpc) is 2.79. The van der Waals surface area contributed by atoms with Crippen molar-refractivity contribution >= 4 is 0 Å². The summed E-state index contributed by atoms with van der Waals surface area (Å²) in [4.78, 5) is 0. The maximum Gasteiger partial charge on any atom is 0.108 e. The topological polar surface area (TPSA) is 23.8 Å². The van der Waals surface area contributed by atoms with Gasteiger partial charge in [-0.05, 0) is 34.6 Å². The SMILES string of the molecule is CC(C)CCCC1(C#N)c2ccccc2-c2ccccc21. The number of hydrogen-bond acceptors (Lipinski definition) is 1. The fourth-order valence-electron chi connectivity index (χ4n) is 3.55. The minimum absolute atomic E-state index is 0.456. The number of nitriles is 1. The lowest BCUT2D eigenvalue weighted by atomic mass is 9.75. The van der Waals surface area contributed by atoms with Crippen molar-refractivity contribution in [1.82, 2.24) is 0 Å². The Morgan fingerprint density at radius 3 is 1.95 bits per heavy atom. The van der Waals surface area contributed by atoms with E-state index in [2.05, 4.69) is 68.4 Å². The molecule has 0 amide bonds. The van der Waals surface area contributed by atoms with Crippen LogP contribution in [-0.2, 0) is 5.41 Å². The van der Waals surface area contributed by atoms with E-state index in [0.717, 1.165) is 12.8 Å². The van der Waals surface area contributed by atoms with Crippen LogP contribution in [0.5, 0.6) is 0 Å². The molecule has 0 aliphatic heterocycles. The lowest BCUT2D eigenvalue weighted by Gasteiger charge is -2.24. The van der Waals surface area contributed by atoms with Crippen molar-refractivity contribution in [3.05, 3.63) is 59.7 Å². The zero-order valence-corrected chi connectivity index (χ0v) is 12.8. The summed E-state index contributed by atoms with van der Waals surface area (Å²) in [5.41, 5.74) is 4.40. The van der Waals surface area contributed by atoms with Crippen molar-refractivity contribution in [2.45, 2.75) is 38.5 Å². The van der Waals surface area contributed by atoms with Crippen LogP contribution in [0.25, 0.3) is 11.1 Å². The van der Waals surface area contributed by atoms with Crippen LogP contribution < -0.4 is 0 Å². The maximum atomic E-state index is 10.0. The van der Waals surface area contributed by atoms with Crippen LogP contribution in [-0.4, -0.2) is 0 Å². The Hall–Kier alpha value is -2.07. The van der Waals surface area contributed by atoms with Crippen molar-refractivity contribution in [2.24, 2.45) is 5.92 Å². The van der Waals surface area contributed by atoms with E-state index in [1.54, 1.807) is 0 Å². The molecule has 0 N–H and O–H groups in total. The molecule has 0 fully saturated rings. The minimum atomic E-state index is -0.456. The Morgan fingerprint density at radius 2 is 1.48 bits per heavy atom. The van der Waals surface area contributed by atoms with Gasteiger partial charge < -0.3 is 0 Å². The van der Waals surface area contributed by atoms with Crippen LogP contribution in [0.4, 0.5) is 0 Å². The first kappa shape index (κ1) is 13.9. The molecule has 0 radical (unpaired) electrons. The third-order valence-electron chi connectivity index (χ3n) is 4.59. The van der Waals surface area contributed by atoms with Crippen LogP contribution >= 0.6 is 0 Å². The fraction of sp³-hybridized carbons (Fsp3) is 0.350. The first-order valence-corrected chi connectivity index (χ1v) is 7.79. The van der Waals surface area contributed by atoms with Gasteiger partial charge in [-0.15, -0.1) is 0 Å². The summed E-state index contributed by atoms with van der Waals surface area (Å²) in [7, 11) is 0. The predicted octanol–water partition coefficient (Wildman–Crippen LogP) is 5.30. The number of benzene rings is 2. The minimum Gasteiger partial charge on any atom is -0.197 e. The number of nitrogens with zero attached hydrogens (tertiary/aromatic N) is 1. The summed E-state index contributed by atoms with van der Waals surface area (Å²) in [5, 5.41) is 10.0. The molecule has 1 aliphatic carbocycles. The quantitative estimate of drug-likeness (QED) is 0.742. The smallest absolute Gasteiger partial charge is 0.108 e. The van der Waals surface area contributed by atoms with Crippen molar-refractivity contribution in [1.29, 1.82) is 5.26 Å². The van der Waals surface area contributed by atoms with Crippen molar-refractivity contribution in [2.75, 3.05) is 0 Å². The third-order valence-corrected chi connectivity index (χ3v) is 4.59. The van der Waals surface area contributed by atoms with E-state index in [1.165, 1.54) is 28.7 Å². The Morgan fingerprint density at radius 1 is 0.952 bits per heavy atom. The second-order valence-corrected chi connectivity index (χ2v) is 6.39. The first-order valence-electron chi connectivity index (χ1n) is 7.79. The van der Waals surface area contributed by atoms with Gasteiger partial charge in [0.1, 0.15) is 5.41 Å². The Bertz CT molecular complexity index is 645. The van der Waals surface area contributed by atoms with Crippen molar-refractivity contribution in [3.63, 3.8) is 0 Å². The molecule has 3 rings (SSSR count). The zero-order valence-electron chi connectivity index (χ0n) is 12.8. The monoisotopic (exact) mass is 275 g/mol. The van der Waals surface area contributed by atoms with Crippen molar-refractivity contribution in [3.8, 4) is 17.2 Å². The van der Waals surface area contributed by atoms with Gasteiger partial charge in [-0.1, -0.05) is 75.2 Å². The summed E-state index contributed by atoms with van der Waals surface area (Å²) in [6.45, 7) is 4.49. The van der Waals surface area contributed by atoms with Gasteiger partial charge in [0.25, 0.3) is 0 Å². The Kier molecular flexibility index (Phi) is 3.55. The molecular weight excluding hydrogens is 254 g/mol. The summed E-state index contributed by atoms with van der Waals surface area (Å²) >= 11 is 0. The molecule has 0 aromatic heterocycles. The van der Waals surface area contributed by atoms with Crippen LogP contribution in [0.3, 0.4) is 0 Å². The van der Waals surface area contributed by atoms with E-state index in [4.69, 9.17) is 0 Å². The molecule has 0 spiro atoms. The third kappa shape index (κ3) is 2.16. The molecule has 0 bridgehead atoms. The molecular formula is C20H21N. The average molecular weight is 275 g/mol. The lowest BCUT2D eigenvalue weighted by Crippen LogP contribution is -2.23. The van der Waals surface area contributed by atoms with E-state index in [1.807, 2.05) is 0 Å². The molecule has 1 aliphatic rings. The molecule has 1 nitrogen and oxygen atoms in total. The van der Waals surface area contributed by atoms with Gasteiger partial charge in [-0.2, -0.15) is 5.26 Å². The normalized spacial score (nSPS) is 14.6. The van der Waals surface area contributed by atoms with E-state index >= 15 is 0 Å². The van der Waals surface area contributed by atoms with Gasteiger partial charge in [-0.3, -0.25) is 0 Å². The number of fused-ring (bicyclic) bond motifs is 3. The highest BCUT2D eigenvalue weighted by Crippen LogP contribution is 2.50. The fourth-order valence-corrected chi connectivity index (χ4v) is 3.55. The van der Waals surface area contributed by atoms with Crippen LogP contribution in [0.2, 0.25) is 0 Å².